The van der Waals surface area contributed by atoms with Crippen molar-refractivity contribution in [2.24, 2.45) is 5.92 Å². The van der Waals surface area contributed by atoms with Gasteiger partial charge in [-0.3, -0.25) is 14.4 Å². The molecule has 4 rings (SSSR count). The zero-order valence-electron chi connectivity index (χ0n) is 21.7. The van der Waals surface area contributed by atoms with Crippen LogP contribution in [0, 0.1) is 30.3 Å². The van der Waals surface area contributed by atoms with Gasteiger partial charge in [0, 0.05) is 35.6 Å². The van der Waals surface area contributed by atoms with E-state index in [2.05, 4.69) is 5.32 Å². The van der Waals surface area contributed by atoms with Crippen molar-refractivity contribution < 1.29 is 40.7 Å². The molecule has 3 aromatic carbocycles. The average molecular weight is 651 g/mol. The molecule has 13 heteroatoms. The highest BCUT2D eigenvalue weighted by molar-refractivity contribution is 6.53. The van der Waals surface area contributed by atoms with Crippen molar-refractivity contribution in [3.63, 3.8) is 0 Å². The number of nitrogens with one attached hydrogen (secondary N) is 1. The summed E-state index contributed by atoms with van der Waals surface area (Å²) in [6, 6.07) is 6.83. The number of carbonyl (C=O) groups is 3. The number of aryl methyl sites for hydroxylation is 1. The van der Waals surface area contributed by atoms with Crippen LogP contribution in [0.25, 0.3) is 0 Å². The maximum absolute atomic E-state index is 14.9. The number of alkyl halides is 5. The number of Topliss-reactive ketones (excluding diaryl/α,β-unsaturated/α-hetero) is 2. The second-order valence-corrected chi connectivity index (χ2v) is 11.8. The third-order valence-corrected chi connectivity index (χ3v) is 8.30. The molecule has 0 aliphatic heterocycles. The highest BCUT2D eigenvalue weighted by Gasteiger charge is 2.67. The van der Waals surface area contributed by atoms with Crippen molar-refractivity contribution in [2.45, 2.75) is 43.1 Å². The van der Waals surface area contributed by atoms with Crippen LogP contribution < -0.4 is 5.32 Å². The second kappa shape index (κ2) is 11.5. The molecule has 42 heavy (non-hydrogen) atoms. The minimum absolute atomic E-state index is 0.0291. The zero-order valence-corrected chi connectivity index (χ0v) is 24.0. The topological polar surface area (TPSA) is 63.2 Å². The normalized spacial score (nSPS) is 17.6. The third kappa shape index (κ3) is 6.31. The summed E-state index contributed by atoms with van der Waals surface area (Å²) in [5.74, 6) is -7.85. The van der Waals surface area contributed by atoms with Crippen molar-refractivity contribution in [3.8, 4) is 0 Å². The summed E-state index contributed by atoms with van der Waals surface area (Å²) in [6.45, 7) is 2.74. The van der Waals surface area contributed by atoms with Gasteiger partial charge in [0.25, 0.3) is 0 Å². The van der Waals surface area contributed by atoms with Crippen LogP contribution >= 0.6 is 34.8 Å². The molecule has 1 fully saturated rings. The lowest BCUT2D eigenvalue weighted by atomic mass is 9.97. The van der Waals surface area contributed by atoms with Gasteiger partial charge in [-0.15, -0.1) is 23.2 Å². The summed E-state index contributed by atoms with van der Waals surface area (Å²) in [6.07, 6.45) is -6.03. The first-order valence-electron chi connectivity index (χ1n) is 12.3. The van der Waals surface area contributed by atoms with Crippen LogP contribution in [-0.2, 0) is 28.6 Å². The fourth-order valence-corrected chi connectivity index (χ4v) is 5.80. The number of benzene rings is 3. The molecular formula is C29H20Cl3F6NO3. The van der Waals surface area contributed by atoms with E-state index in [1.54, 1.807) is 0 Å². The van der Waals surface area contributed by atoms with Gasteiger partial charge in [0.2, 0.25) is 5.91 Å². The molecule has 1 aliphatic carbocycles. The standard InChI is InChI=1S/C29H20Cl3F6NO3/c1-12-7-16(10-18(25(12)30)22(41)11-17-20(33)5-4-15(26(17)35)8-13(2)40)39-27(42)24-23(28(24,31)32)14-3-6-21(34)19(9-14)29(36,37)38/h3-7,9-10,23-24H,8,11H2,1-2H3,(H,39,42)/t23-,24+/m0/s1. The molecule has 1 aliphatic rings. The molecule has 0 saturated heterocycles. The molecule has 0 aromatic heterocycles. The Bertz CT molecular complexity index is 1620. The fraction of sp³-hybridized carbons (Fsp3) is 0.276. The molecule has 0 bridgehead atoms. The van der Waals surface area contributed by atoms with E-state index in [0.29, 0.717) is 17.7 Å². The molecule has 0 radical (unpaired) electrons. The highest BCUT2D eigenvalue weighted by Crippen LogP contribution is 2.65. The third-order valence-electron chi connectivity index (χ3n) is 6.86. The Kier molecular flexibility index (Phi) is 8.75. The first-order valence-corrected chi connectivity index (χ1v) is 13.4. The Balaban J connectivity index is 1.58. The minimum Gasteiger partial charge on any atom is -0.326 e. The van der Waals surface area contributed by atoms with Crippen LogP contribution in [0.1, 0.15) is 51.0 Å². The smallest absolute Gasteiger partial charge is 0.326 e. The van der Waals surface area contributed by atoms with Gasteiger partial charge in [0.05, 0.1) is 16.5 Å². The summed E-state index contributed by atoms with van der Waals surface area (Å²) in [5, 5.41) is 2.45. The van der Waals surface area contributed by atoms with E-state index in [1.807, 2.05) is 0 Å². The number of rotatable bonds is 8. The molecule has 2 atom stereocenters. The minimum atomic E-state index is -4.99. The Morgan fingerprint density at radius 1 is 0.952 bits per heavy atom. The van der Waals surface area contributed by atoms with Gasteiger partial charge in [0.15, 0.2) is 5.78 Å². The van der Waals surface area contributed by atoms with E-state index in [-0.39, 0.29) is 39.6 Å². The largest absolute Gasteiger partial charge is 0.419 e. The number of ketones is 2. The lowest BCUT2D eigenvalue weighted by Gasteiger charge is -2.13. The first kappa shape index (κ1) is 31.8. The second-order valence-electron chi connectivity index (χ2n) is 9.99. The van der Waals surface area contributed by atoms with Gasteiger partial charge in [-0.25, -0.2) is 13.2 Å². The molecular weight excluding hydrogens is 631 g/mol. The molecule has 0 unspecified atom stereocenters. The van der Waals surface area contributed by atoms with Crippen molar-refractivity contribution in [1.29, 1.82) is 0 Å². The van der Waals surface area contributed by atoms with Crippen LogP contribution in [0.3, 0.4) is 0 Å². The number of hydrogen-bond acceptors (Lipinski definition) is 3. The predicted molar refractivity (Wildman–Crippen MR) is 146 cm³/mol. The van der Waals surface area contributed by atoms with E-state index < -0.39 is 69.0 Å². The van der Waals surface area contributed by atoms with E-state index in [4.69, 9.17) is 34.8 Å². The molecule has 3 aromatic rings. The number of halogens is 9. The van der Waals surface area contributed by atoms with E-state index >= 15 is 0 Å². The van der Waals surface area contributed by atoms with Crippen molar-refractivity contribution in [3.05, 3.63) is 98.3 Å². The van der Waals surface area contributed by atoms with Crippen LogP contribution in [-0.4, -0.2) is 21.8 Å². The maximum Gasteiger partial charge on any atom is 0.419 e. The van der Waals surface area contributed by atoms with Gasteiger partial charge in [-0.1, -0.05) is 23.7 Å². The Hall–Kier alpha value is -3.08. The SMILES string of the molecule is CC(=O)Cc1ccc(F)c(CC(=O)c2cc(NC(=O)[C@H]3[C@H](c4ccc(F)c(C(F)(F)F)c4)C3(Cl)Cl)cc(C)c2Cl)c1F. The highest BCUT2D eigenvalue weighted by atomic mass is 35.5. The number of carbonyl (C=O) groups excluding carboxylic acids is 3. The number of anilines is 1. The number of amides is 1. The Morgan fingerprint density at radius 2 is 1.60 bits per heavy atom. The van der Waals surface area contributed by atoms with Gasteiger partial charge < -0.3 is 5.32 Å². The summed E-state index contributed by atoms with van der Waals surface area (Å²) in [7, 11) is 0. The first-order chi connectivity index (χ1) is 19.4. The van der Waals surface area contributed by atoms with Crippen LogP contribution in [0.5, 0.6) is 0 Å². The molecule has 0 heterocycles. The molecule has 222 valence electrons. The summed E-state index contributed by atoms with van der Waals surface area (Å²) < 4.78 is 80.9. The maximum atomic E-state index is 14.9. The van der Waals surface area contributed by atoms with E-state index in [0.717, 1.165) is 18.2 Å². The molecule has 1 amide bonds. The van der Waals surface area contributed by atoms with E-state index in [9.17, 15) is 40.7 Å². The van der Waals surface area contributed by atoms with E-state index in [1.165, 1.54) is 26.0 Å². The van der Waals surface area contributed by atoms with Crippen LogP contribution in [0.15, 0.2) is 42.5 Å². The Labute approximate surface area is 250 Å². The lowest BCUT2D eigenvalue weighted by Crippen LogP contribution is -2.18. The predicted octanol–water partition coefficient (Wildman–Crippen LogP) is 8.17. The molecule has 1 saturated carbocycles. The van der Waals surface area contributed by atoms with Crippen LogP contribution in [0.2, 0.25) is 5.02 Å². The van der Waals surface area contributed by atoms with Crippen molar-refractivity contribution in [2.75, 3.05) is 5.32 Å². The quantitative estimate of drug-likeness (QED) is 0.152. The summed E-state index contributed by atoms with van der Waals surface area (Å²) >= 11 is 18.8. The molecule has 1 N–H and O–H groups in total. The van der Waals surface area contributed by atoms with Gasteiger partial charge in [0.1, 0.15) is 27.6 Å². The van der Waals surface area contributed by atoms with Crippen LogP contribution in [0.4, 0.5) is 32.0 Å². The number of hydrogen-bond donors (Lipinski definition) is 1. The summed E-state index contributed by atoms with van der Waals surface area (Å²) in [5.41, 5.74) is -2.11. The van der Waals surface area contributed by atoms with Gasteiger partial charge in [-0.05, 0) is 60.9 Å². The molecule has 4 nitrogen and oxygen atoms in total. The van der Waals surface area contributed by atoms with Gasteiger partial charge >= 0.3 is 6.18 Å². The monoisotopic (exact) mass is 649 g/mol. The molecule has 0 spiro atoms. The van der Waals surface area contributed by atoms with Crippen molar-refractivity contribution >= 4 is 58.0 Å². The Morgan fingerprint density at radius 3 is 2.21 bits per heavy atom. The fourth-order valence-electron chi connectivity index (χ4n) is 4.75. The van der Waals surface area contributed by atoms with Gasteiger partial charge in [-0.2, -0.15) is 13.2 Å². The average Bonchev–Trinajstić information content (AvgIpc) is 3.46. The zero-order chi connectivity index (χ0) is 31.3. The summed E-state index contributed by atoms with van der Waals surface area (Å²) in [4.78, 5) is 37.6. The van der Waals surface area contributed by atoms with Crippen molar-refractivity contribution in [1.82, 2.24) is 0 Å². The lowest BCUT2D eigenvalue weighted by molar-refractivity contribution is -0.140.